The van der Waals surface area contributed by atoms with Gasteiger partial charge < -0.3 is 14.5 Å². The fourth-order valence-corrected chi connectivity index (χ4v) is 3.55. The Hall–Kier alpha value is -1.96. The average Bonchev–Trinajstić information content (AvgIpc) is 3.20. The van der Waals surface area contributed by atoms with Crippen LogP contribution in [-0.4, -0.2) is 35.4 Å². The van der Waals surface area contributed by atoms with E-state index in [9.17, 15) is 4.79 Å². The lowest BCUT2D eigenvalue weighted by atomic mass is 10.2. The second-order valence-corrected chi connectivity index (χ2v) is 6.06. The first-order chi connectivity index (χ1) is 10.8. The number of ether oxygens (including phenoxy) is 1. The quantitative estimate of drug-likeness (QED) is 0.796. The molecule has 4 rings (SSSR count). The van der Waals surface area contributed by atoms with Gasteiger partial charge in [-0.25, -0.2) is 4.98 Å². The predicted octanol–water partition coefficient (Wildman–Crippen LogP) is 1.71. The van der Waals surface area contributed by atoms with Crippen LogP contribution in [0.1, 0.15) is 0 Å². The lowest BCUT2D eigenvalue weighted by molar-refractivity contribution is 0.0175. The Balaban J connectivity index is 1.76. The van der Waals surface area contributed by atoms with Crippen LogP contribution < -0.4 is 10.9 Å². The standard InChI is InChI=1S/C15H15N3O3S/c19-15-13-11(12-2-1-4-21-12)8-22-14(13)17-9-18(15)7-10-6-16-3-5-20-10/h1-2,4,8-10,16H,3,5-7H2/t10-/m1/s1. The summed E-state index contributed by atoms with van der Waals surface area (Å²) in [5.74, 6) is 0.693. The molecule has 1 N–H and O–H groups in total. The Bertz CT molecular complexity index is 831. The molecule has 0 radical (unpaired) electrons. The summed E-state index contributed by atoms with van der Waals surface area (Å²) in [6.45, 7) is 2.78. The average molecular weight is 317 g/mol. The largest absolute Gasteiger partial charge is 0.464 e. The molecule has 1 atom stereocenters. The molecule has 7 heteroatoms. The zero-order chi connectivity index (χ0) is 14.9. The van der Waals surface area contributed by atoms with Gasteiger partial charge in [-0.3, -0.25) is 9.36 Å². The van der Waals surface area contributed by atoms with E-state index < -0.39 is 0 Å². The highest BCUT2D eigenvalue weighted by atomic mass is 32.1. The van der Waals surface area contributed by atoms with Gasteiger partial charge in [0.1, 0.15) is 10.6 Å². The van der Waals surface area contributed by atoms with Crippen molar-refractivity contribution in [1.82, 2.24) is 14.9 Å². The number of morpholine rings is 1. The zero-order valence-corrected chi connectivity index (χ0v) is 12.6. The molecule has 114 valence electrons. The maximum Gasteiger partial charge on any atom is 0.262 e. The van der Waals surface area contributed by atoms with Crippen LogP contribution in [0, 0.1) is 0 Å². The Morgan fingerprint density at radius 1 is 1.50 bits per heavy atom. The minimum atomic E-state index is -0.0492. The van der Waals surface area contributed by atoms with Gasteiger partial charge in [0.15, 0.2) is 0 Å². The van der Waals surface area contributed by atoms with Gasteiger partial charge in [-0.15, -0.1) is 11.3 Å². The number of aromatic nitrogens is 2. The molecule has 4 heterocycles. The highest BCUT2D eigenvalue weighted by Gasteiger charge is 2.18. The van der Waals surface area contributed by atoms with Gasteiger partial charge in [0, 0.05) is 24.0 Å². The van der Waals surface area contributed by atoms with Crippen molar-refractivity contribution in [3.05, 3.63) is 40.5 Å². The highest BCUT2D eigenvalue weighted by molar-refractivity contribution is 7.17. The van der Waals surface area contributed by atoms with Crippen LogP contribution in [0.5, 0.6) is 0 Å². The predicted molar refractivity (Wildman–Crippen MR) is 84.2 cm³/mol. The van der Waals surface area contributed by atoms with Gasteiger partial charge in [-0.2, -0.15) is 0 Å². The molecule has 0 bridgehead atoms. The van der Waals surface area contributed by atoms with E-state index in [0.717, 1.165) is 23.5 Å². The minimum absolute atomic E-state index is 0.00333. The summed E-state index contributed by atoms with van der Waals surface area (Å²) in [7, 11) is 0. The Kier molecular flexibility index (Phi) is 3.53. The minimum Gasteiger partial charge on any atom is -0.464 e. The number of hydrogen-bond acceptors (Lipinski definition) is 6. The van der Waals surface area contributed by atoms with E-state index in [0.29, 0.717) is 24.3 Å². The third-order valence-corrected chi connectivity index (χ3v) is 4.64. The summed E-state index contributed by atoms with van der Waals surface area (Å²) in [5, 5.41) is 5.80. The van der Waals surface area contributed by atoms with Crippen molar-refractivity contribution in [3.8, 4) is 11.3 Å². The third-order valence-electron chi connectivity index (χ3n) is 3.75. The Labute approximate surface area is 130 Å². The van der Waals surface area contributed by atoms with Crippen LogP contribution >= 0.6 is 11.3 Å². The van der Waals surface area contributed by atoms with Gasteiger partial charge in [0.2, 0.25) is 0 Å². The van der Waals surface area contributed by atoms with Crippen LogP contribution in [0.3, 0.4) is 0 Å². The summed E-state index contributed by atoms with van der Waals surface area (Å²) < 4.78 is 12.7. The van der Waals surface area contributed by atoms with Crippen LogP contribution in [0.4, 0.5) is 0 Å². The molecule has 22 heavy (non-hydrogen) atoms. The summed E-state index contributed by atoms with van der Waals surface area (Å²) in [5.41, 5.74) is 0.756. The summed E-state index contributed by atoms with van der Waals surface area (Å²) >= 11 is 1.45. The zero-order valence-electron chi connectivity index (χ0n) is 11.8. The maximum absolute atomic E-state index is 12.8. The van der Waals surface area contributed by atoms with E-state index in [1.807, 2.05) is 17.5 Å². The van der Waals surface area contributed by atoms with Crippen LogP contribution in [-0.2, 0) is 11.3 Å². The van der Waals surface area contributed by atoms with Gasteiger partial charge in [-0.05, 0) is 12.1 Å². The summed E-state index contributed by atoms with van der Waals surface area (Å²) in [6.07, 6.45) is 3.21. The number of furan rings is 1. The van der Waals surface area contributed by atoms with Crippen molar-refractivity contribution in [2.45, 2.75) is 12.6 Å². The molecule has 1 aliphatic rings. The molecule has 1 aliphatic heterocycles. The van der Waals surface area contributed by atoms with Crippen molar-refractivity contribution >= 4 is 21.6 Å². The molecular weight excluding hydrogens is 302 g/mol. The molecule has 3 aromatic rings. The van der Waals surface area contributed by atoms with Gasteiger partial charge in [0.05, 0.1) is 37.2 Å². The second kappa shape index (κ2) is 5.68. The van der Waals surface area contributed by atoms with E-state index in [2.05, 4.69) is 10.3 Å². The smallest absolute Gasteiger partial charge is 0.262 e. The van der Waals surface area contributed by atoms with E-state index >= 15 is 0 Å². The number of rotatable bonds is 3. The van der Waals surface area contributed by atoms with Crippen molar-refractivity contribution in [2.24, 2.45) is 0 Å². The van der Waals surface area contributed by atoms with Gasteiger partial charge in [-0.1, -0.05) is 0 Å². The Morgan fingerprint density at radius 2 is 2.45 bits per heavy atom. The fourth-order valence-electron chi connectivity index (χ4n) is 2.67. The first kappa shape index (κ1) is 13.7. The molecule has 0 spiro atoms. The normalized spacial score (nSPS) is 18.8. The summed E-state index contributed by atoms with van der Waals surface area (Å²) in [6, 6.07) is 3.67. The molecule has 3 aromatic heterocycles. The third kappa shape index (κ3) is 2.37. The number of thiophene rings is 1. The number of nitrogens with one attached hydrogen (secondary N) is 1. The van der Waals surface area contributed by atoms with E-state index in [-0.39, 0.29) is 11.7 Å². The number of nitrogens with zero attached hydrogens (tertiary/aromatic N) is 2. The van der Waals surface area contributed by atoms with Crippen molar-refractivity contribution in [1.29, 1.82) is 0 Å². The second-order valence-electron chi connectivity index (χ2n) is 5.21. The van der Waals surface area contributed by atoms with Crippen LogP contribution in [0.2, 0.25) is 0 Å². The SMILES string of the molecule is O=c1c2c(-c3ccco3)csc2ncn1C[C@H]1CNCCO1. The molecule has 0 amide bonds. The van der Waals surface area contributed by atoms with E-state index in [1.54, 1.807) is 17.2 Å². The van der Waals surface area contributed by atoms with Crippen molar-refractivity contribution in [3.63, 3.8) is 0 Å². The highest BCUT2D eigenvalue weighted by Crippen LogP contribution is 2.30. The fraction of sp³-hybridized carbons (Fsp3) is 0.333. The van der Waals surface area contributed by atoms with E-state index in [1.165, 1.54) is 11.3 Å². The molecule has 1 saturated heterocycles. The molecule has 0 aliphatic carbocycles. The molecule has 6 nitrogen and oxygen atoms in total. The van der Waals surface area contributed by atoms with Gasteiger partial charge >= 0.3 is 0 Å². The molecule has 1 fully saturated rings. The Morgan fingerprint density at radius 3 is 3.23 bits per heavy atom. The molecule has 0 aromatic carbocycles. The monoisotopic (exact) mass is 317 g/mol. The molecule has 0 saturated carbocycles. The van der Waals surface area contributed by atoms with Crippen LogP contribution in [0.25, 0.3) is 21.5 Å². The molecule has 0 unspecified atom stereocenters. The van der Waals surface area contributed by atoms with Crippen molar-refractivity contribution in [2.75, 3.05) is 19.7 Å². The molecular formula is C15H15N3O3S. The van der Waals surface area contributed by atoms with E-state index in [4.69, 9.17) is 9.15 Å². The topological polar surface area (TPSA) is 69.3 Å². The number of hydrogen-bond donors (Lipinski definition) is 1. The first-order valence-corrected chi connectivity index (χ1v) is 8.04. The van der Waals surface area contributed by atoms with Gasteiger partial charge in [0.25, 0.3) is 5.56 Å². The first-order valence-electron chi connectivity index (χ1n) is 7.16. The lowest BCUT2D eigenvalue weighted by Gasteiger charge is -2.24. The lowest BCUT2D eigenvalue weighted by Crippen LogP contribution is -2.42. The maximum atomic E-state index is 12.8. The number of fused-ring (bicyclic) bond motifs is 1. The van der Waals surface area contributed by atoms with Crippen molar-refractivity contribution < 1.29 is 9.15 Å². The summed E-state index contributed by atoms with van der Waals surface area (Å²) in [4.78, 5) is 17.9. The van der Waals surface area contributed by atoms with Crippen LogP contribution in [0.15, 0.2) is 39.3 Å².